The summed E-state index contributed by atoms with van der Waals surface area (Å²) in [4.78, 5) is 48.9. The molecule has 1 aliphatic rings. The first kappa shape index (κ1) is 21.7. The van der Waals surface area contributed by atoms with Gasteiger partial charge in [0.1, 0.15) is 5.54 Å². The second-order valence-electron chi connectivity index (χ2n) is 7.06. The number of esters is 1. The minimum atomic E-state index is -0.967. The molecule has 2 rings (SSSR count). The van der Waals surface area contributed by atoms with E-state index in [-0.39, 0.29) is 31.8 Å². The number of nitrogens with one attached hydrogen (secondary N) is 2. The van der Waals surface area contributed by atoms with Crippen molar-refractivity contribution in [1.82, 2.24) is 15.5 Å². The molecule has 0 spiro atoms. The Hall–Kier alpha value is -2.61. The van der Waals surface area contributed by atoms with Crippen LogP contribution in [0.15, 0.2) is 24.3 Å². The molecule has 2 N–H and O–H groups in total. The first-order valence-corrected chi connectivity index (χ1v) is 9.34. The van der Waals surface area contributed by atoms with Crippen LogP contribution in [0.3, 0.4) is 0 Å². The molecule has 9 heteroatoms. The Labute approximate surface area is 168 Å². The van der Waals surface area contributed by atoms with Crippen molar-refractivity contribution >= 4 is 35.4 Å². The van der Waals surface area contributed by atoms with Crippen LogP contribution in [-0.4, -0.2) is 46.9 Å². The van der Waals surface area contributed by atoms with Gasteiger partial charge in [-0.3, -0.25) is 19.3 Å². The van der Waals surface area contributed by atoms with Crippen molar-refractivity contribution in [3.8, 4) is 0 Å². The lowest BCUT2D eigenvalue weighted by Crippen LogP contribution is -2.40. The van der Waals surface area contributed by atoms with Gasteiger partial charge in [0.25, 0.3) is 11.8 Å². The minimum absolute atomic E-state index is 0.0143. The van der Waals surface area contributed by atoms with Gasteiger partial charge in [0.2, 0.25) is 0 Å². The highest BCUT2D eigenvalue weighted by molar-refractivity contribution is 6.31. The number of nitrogens with zero attached hydrogens (tertiary/aromatic N) is 1. The molecule has 1 aromatic carbocycles. The Balaban J connectivity index is 1.72. The van der Waals surface area contributed by atoms with Crippen LogP contribution in [0, 0.1) is 0 Å². The Kier molecular flexibility index (Phi) is 7.01. The zero-order valence-corrected chi connectivity index (χ0v) is 16.8. The number of imide groups is 1. The van der Waals surface area contributed by atoms with Gasteiger partial charge in [-0.2, -0.15) is 0 Å². The average molecular weight is 410 g/mol. The highest BCUT2D eigenvalue weighted by Gasteiger charge is 2.43. The van der Waals surface area contributed by atoms with Gasteiger partial charge in [-0.15, -0.1) is 0 Å². The molecule has 8 nitrogen and oxygen atoms in total. The quantitative estimate of drug-likeness (QED) is 0.504. The van der Waals surface area contributed by atoms with Crippen molar-refractivity contribution in [2.45, 2.75) is 51.8 Å². The Morgan fingerprint density at radius 1 is 1.29 bits per heavy atom. The van der Waals surface area contributed by atoms with Crippen LogP contribution < -0.4 is 10.6 Å². The fourth-order valence-corrected chi connectivity index (χ4v) is 2.88. The third kappa shape index (κ3) is 5.45. The predicted molar refractivity (Wildman–Crippen MR) is 102 cm³/mol. The normalized spacial score (nSPS) is 16.5. The summed E-state index contributed by atoms with van der Waals surface area (Å²) >= 11 is 6.03. The van der Waals surface area contributed by atoms with E-state index in [9.17, 15) is 19.2 Å². The Morgan fingerprint density at radius 2 is 1.96 bits per heavy atom. The number of amides is 4. The number of ether oxygens (including phenoxy) is 1. The van der Waals surface area contributed by atoms with Gasteiger partial charge in [-0.05, 0) is 38.8 Å². The van der Waals surface area contributed by atoms with Crippen molar-refractivity contribution in [3.63, 3.8) is 0 Å². The molecule has 0 bridgehead atoms. The number of urea groups is 1. The summed E-state index contributed by atoms with van der Waals surface area (Å²) in [5.41, 5.74) is -0.182. The second kappa shape index (κ2) is 9.05. The molecule has 28 heavy (non-hydrogen) atoms. The molecule has 0 saturated carbocycles. The molecule has 1 saturated heterocycles. The van der Waals surface area contributed by atoms with Crippen molar-refractivity contribution < 1.29 is 23.9 Å². The number of hydrogen-bond donors (Lipinski definition) is 2. The monoisotopic (exact) mass is 409 g/mol. The fraction of sp³-hybridized carbons (Fsp3) is 0.474. The van der Waals surface area contributed by atoms with E-state index < -0.39 is 29.6 Å². The highest BCUT2D eigenvalue weighted by Crippen LogP contribution is 2.17. The summed E-state index contributed by atoms with van der Waals surface area (Å²) in [6.07, 6.45) is -0.729. The zero-order chi connectivity index (χ0) is 20.9. The average Bonchev–Trinajstić information content (AvgIpc) is 2.82. The molecular formula is C19H24ClN3O5. The van der Waals surface area contributed by atoms with Gasteiger partial charge >= 0.3 is 12.0 Å². The lowest BCUT2D eigenvalue weighted by Gasteiger charge is -2.16. The number of carbonyl (C=O) groups excluding carboxylic acids is 4. The second-order valence-corrected chi connectivity index (χ2v) is 7.46. The molecule has 1 aliphatic heterocycles. The van der Waals surface area contributed by atoms with E-state index in [0.717, 1.165) is 10.5 Å². The van der Waals surface area contributed by atoms with Crippen LogP contribution in [0.1, 0.15) is 39.2 Å². The topological polar surface area (TPSA) is 105 Å². The molecule has 1 aromatic rings. The van der Waals surface area contributed by atoms with Gasteiger partial charge in [0.05, 0.1) is 0 Å². The van der Waals surface area contributed by atoms with E-state index in [2.05, 4.69) is 10.6 Å². The van der Waals surface area contributed by atoms with Gasteiger partial charge in [0, 0.05) is 24.5 Å². The van der Waals surface area contributed by atoms with E-state index in [0.29, 0.717) is 5.02 Å². The van der Waals surface area contributed by atoms with E-state index in [1.807, 2.05) is 6.07 Å². The standard InChI is InChI=1S/C19H24ClN3O5/c1-12(16(25)21-11-13-7-4-5-8-14(13)20)28-15(24)9-6-10-23-17(26)19(2,3)22-18(23)27/h4-5,7-8,12H,6,9-11H2,1-3H3,(H,21,25)(H,22,27)/t12-/m0/s1. The number of halogens is 1. The van der Waals surface area contributed by atoms with E-state index >= 15 is 0 Å². The van der Waals surface area contributed by atoms with E-state index in [4.69, 9.17) is 16.3 Å². The summed E-state index contributed by atoms with van der Waals surface area (Å²) in [6, 6.07) is 6.63. The van der Waals surface area contributed by atoms with Crippen LogP contribution >= 0.6 is 11.6 Å². The number of carbonyl (C=O) groups is 4. The molecule has 0 aliphatic carbocycles. The van der Waals surface area contributed by atoms with Gasteiger partial charge < -0.3 is 15.4 Å². The molecule has 1 fully saturated rings. The van der Waals surface area contributed by atoms with Crippen molar-refractivity contribution in [3.05, 3.63) is 34.9 Å². The summed E-state index contributed by atoms with van der Waals surface area (Å²) < 4.78 is 5.10. The SMILES string of the molecule is C[C@H](OC(=O)CCCN1C(=O)NC(C)(C)C1=O)C(=O)NCc1ccccc1Cl. The van der Waals surface area contributed by atoms with Crippen LogP contribution in [0.4, 0.5) is 4.79 Å². The fourth-order valence-electron chi connectivity index (χ4n) is 2.68. The van der Waals surface area contributed by atoms with Crippen LogP contribution in [-0.2, 0) is 25.7 Å². The maximum atomic E-state index is 12.1. The van der Waals surface area contributed by atoms with Gasteiger partial charge in [0.15, 0.2) is 6.10 Å². The number of hydrogen-bond acceptors (Lipinski definition) is 5. The van der Waals surface area contributed by atoms with Gasteiger partial charge in [-0.25, -0.2) is 4.79 Å². The van der Waals surface area contributed by atoms with Crippen LogP contribution in [0.25, 0.3) is 0 Å². The maximum Gasteiger partial charge on any atom is 0.325 e. The number of benzene rings is 1. The predicted octanol–water partition coefficient (Wildman–Crippen LogP) is 2.00. The minimum Gasteiger partial charge on any atom is -0.453 e. The summed E-state index contributed by atoms with van der Waals surface area (Å²) in [5.74, 6) is -1.35. The van der Waals surface area contributed by atoms with Crippen molar-refractivity contribution in [2.75, 3.05) is 6.54 Å². The molecule has 0 unspecified atom stereocenters. The lowest BCUT2D eigenvalue weighted by molar-refractivity contribution is -0.155. The molecule has 4 amide bonds. The molecular weight excluding hydrogens is 386 g/mol. The first-order chi connectivity index (χ1) is 13.1. The lowest BCUT2D eigenvalue weighted by atomic mass is 10.1. The van der Waals surface area contributed by atoms with E-state index in [1.165, 1.54) is 6.92 Å². The molecule has 1 heterocycles. The van der Waals surface area contributed by atoms with Crippen molar-refractivity contribution in [2.24, 2.45) is 0 Å². The summed E-state index contributed by atoms with van der Waals surface area (Å²) in [5, 5.41) is 5.77. The largest absolute Gasteiger partial charge is 0.453 e. The molecule has 1 atom stereocenters. The van der Waals surface area contributed by atoms with Gasteiger partial charge in [-0.1, -0.05) is 29.8 Å². The van der Waals surface area contributed by atoms with E-state index in [1.54, 1.807) is 32.0 Å². The number of rotatable bonds is 8. The van der Waals surface area contributed by atoms with Crippen LogP contribution in [0.2, 0.25) is 5.02 Å². The molecule has 152 valence electrons. The third-order valence-corrected chi connectivity index (χ3v) is 4.66. The summed E-state index contributed by atoms with van der Waals surface area (Å²) in [7, 11) is 0. The molecule has 0 radical (unpaired) electrons. The Bertz CT molecular complexity index is 781. The molecule has 0 aromatic heterocycles. The maximum absolute atomic E-state index is 12.1. The van der Waals surface area contributed by atoms with Crippen molar-refractivity contribution in [1.29, 1.82) is 0 Å². The third-order valence-electron chi connectivity index (χ3n) is 4.30. The summed E-state index contributed by atoms with van der Waals surface area (Å²) in [6.45, 7) is 5.03. The Morgan fingerprint density at radius 3 is 2.57 bits per heavy atom. The highest BCUT2D eigenvalue weighted by atomic mass is 35.5. The smallest absolute Gasteiger partial charge is 0.325 e. The first-order valence-electron chi connectivity index (χ1n) is 8.96. The van der Waals surface area contributed by atoms with Crippen LogP contribution in [0.5, 0.6) is 0 Å². The zero-order valence-electron chi connectivity index (χ0n) is 16.1.